The monoisotopic (exact) mass is 177 g/mol. The zero-order chi connectivity index (χ0) is 7.72. The summed E-state index contributed by atoms with van der Waals surface area (Å²) in [5.41, 5.74) is 0.433. The Kier molecular flexibility index (Phi) is 3.00. The van der Waals surface area contributed by atoms with Crippen LogP contribution >= 0.6 is 12.4 Å². The smallest absolute Gasteiger partial charge is 0.343 e. The molecular weight excluding hydrogens is 170 g/mol. The third-order valence-corrected chi connectivity index (χ3v) is 1.16. The van der Waals surface area contributed by atoms with Crippen molar-refractivity contribution in [1.29, 1.82) is 0 Å². The van der Waals surface area contributed by atoms with Gasteiger partial charge in [0.15, 0.2) is 5.82 Å². The van der Waals surface area contributed by atoms with E-state index < -0.39 is 4.92 Å². The summed E-state index contributed by atoms with van der Waals surface area (Å²) < 4.78 is 0. The number of aromatic nitrogens is 2. The molecule has 6 heteroatoms. The van der Waals surface area contributed by atoms with Crippen LogP contribution in [0.2, 0.25) is 0 Å². The van der Waals surface area contributed by atoms with E-state index in [-0.39, 0.29) is 18.2 Å². The summed E-state index contributed by atoms with van der Waals surface area (Å²) in [6.07, 6.45) is 0. The van der Waals surface area contributed by atoms with E-state index in [1.54, 1.807) is 13.8 Å². The molecular formula is C5H8ClN3O2. The summed E-state index contributed by atoms with van der Waals surface area (Å²) in [7, 11) is 0. The lowest BCUT2D eigenvalue weighted by Crippen LogP contribution is -1.89. The van der Waals surface area contributed by atoms with Gasteiger partial charge in [-0.1, -0.05) is 0 Å². The van der Waals surface area contributed by atoms with Gasteiger partial charge < -0.3 is 10.1 Å². The molecule has 0 aliphatic rings. The fraction of sp³-hybridized carbons (Fsp3) is 0.400. The molecule has 0 radical (unpaired) electrons. The molecule has 0 unspecified atom stereocenters. The van der Waals surface area contributed by atoms with Gasteiger partial charge in [-0.2, -0.15) is 0 Å². The number of imidazole rings is 1. The normalized spacial score (nSPS) is 8.91. The minimum absolute atomic E-state index is 0. The number of halogens is 1. The average molecular weight is 178 g/mol. The fourth-order valence-electron chi connectivity index (χ4n) is 0.772. The first-order chi connectivity index (χ1) is 4.61. The van der Waals surface area contributed by atoms with Crippen LogP contribution in [0.15, 0.2) is 0 Å². The van der Waals surface area contributed by atoms with Crippen molar-refractivity contribution in [3.63, 3.8) is 0 Å². The third-order valence-electron chi connectivity index (χ3n) is 1.16. The van der Waals surface area contributed by atoms with Gasteiger partial charge in [0.05, 0.1) is 0 Å². The van der Waals surface area contributed by atoms with E-state index in [1.807, 2.05) is 0 Å². The Morgan fingerprint density at radius 2 is 2.09 bits per heavy atom. The summed E-state index contributed by atoms with van der Waals surface area (Å²) in [4.78, 5) is 16.1. The molecule has 1 aromatic rings. The number of rotatable bonds is 1. The molecule has 0 saturated carbocycles. The molecule has 1 rings (SSSR count). The molecule has 0 aliphatic carbocycles. The van der Waals surface area contributed by atoms with Crippen LogP contribution in [-0.2, 0) is 0 Å². The molecule has 0 aromatic carbocycles. The number of nitro groups is 1. The fourth-order valence-corrected chi connectivity index (χ4v) is 0.772. The summed E-state index contributed by atoms with van der Waals surface area (Å²) >= 11 is 0. The molecule has 0 bridgehead atoms. The summed E-state index contributed by atoms with van der Waals surface area (Å²) in [6.45, 7) is 3.28. The van der Waals surface area contributed by atoms with Crippen LogP contribution in [0.3, 0.4) is 0 Å². The number of aryl methyl sites for hydroxylation is 2. The van der Waals surface area contributed by atoms with Crippen molar-refractivity contribution in [2.24, 2.45) is 0 Å². The quantitative estimate of drug-likeness (QED) is 0.520. The summed E-state index contributed by atoms with van der Waals surface area (Å²) in [6, 6.07) is 0. The first-order valence-corrected chi connectivity index (χ1v) is 2.79. The standard InChI is InChI=1S/C5H7N3O2.ClH/c1-3-5(8(9)10)7-4(2)6-3;/h1-2H3,(H,6,7);1H. The molecule has 0 aliphatic heterocycles. The van der Waals surface area contributed by atoms with Gasteiger partial charge in [0.1, 0.15) is 5.69 Å². The highest BCUT2D eigenvalue weighted by Gasteiger charge is 2.12. The molecule has 1 heterocycles. The predicted molar refractivity (Wildman–Crippen MR) is 42.0 cm³/mol. The lowest BCUT2D eigenvalue weighted by molar-refractivity contribution is -0.389. The van der Waals surface area contributed by atoms with Crippen molar-refractivity contribution in [2.45, 2.75) is 13.8 Å². The second kappa shape index (κ2) is 3.34. The maximum absolute atomic E-state index is 10.2. The van der Waals surface area contributed by atoms with E-state index in [0.29, 0.717) is 11.5 Å². The van der Waals surface area contributed by atoms with Gasteiger partial charge in [0.25, 0.3) is 0 Å². The lowest BCUT2D eigenvalue weighted by atomic mass is 10.5. The molecule has 0 amide bonds. The van der Waals surface area contributed by atoms with E-state index in [2.05, 4.69) is 9.97 Å². The second-order valence-electron chi connectivity index (χ2n) is 2.01. The Bertz CT molecular complexity index is 271. The Labute approximate surface area is 69.4 Å². The van der Waals surface area contributed by atoms with Crippen LogP contribution < -0.4 is 0 Å². The number of aromatic amines is 1. The van der Waals surface area contributed by atoms with Crippen LogP contribution in [-0.4, -0.2) is 14.9 Å². The zero-order valence-electron chi connectivity index (χ0n) is 6.12. The van der Waals surface area contributed by atoms with Crippen molar-refractivity contribution in [1.82, 2.24) is 9.97 Å². The van der Waals surface area contributed by atoms with Crippen LogP contribution in [0.5, 0.6) is 0 Å². The van der Waals surface area contributed by atoms with E-state index in [1.165, 1.54) is 0 Å². The number of hydrogen-bond donors (Lipinski definition) is 1. The van der Waals surface area contributed by atoms with Gasteiger partial charge in [-0.05, 0) is 11.8 Å². The molecule has 0 fully saturated rings. The van der Waals surface area contributed by atoms with E-state index >= 15 is 0 Å². The van der Waals surface area contributed by atoms with Crippen LogP contribution in [0.1, 0.15) is 11.5 Å². The highest BCUT2D eigenvalue weighted by molar-refractivity contribution is 5.85. The van der Waals surface area contributed by atoms with Crippen LogP contribution in [0.25, 0.3) is 0 Å². The molecule has 5 nitrogen and oxygen atoms in total. The van der Waals surface area contributed by atoms with E-state index in [0.717, 1.165) is 0 Å². The average Bonchev–Trinajstić information content (AvgIpc) is 2.10. The molecule has 1 N–H and O–H groups in total. The zero-order valence-corrected chi connectivity index (χ0v) is 6.94. The molecule has 0 saturated heterocycles. The number of H-pyrrole nitrogens is 1. The number of nitrogens with zero attached hydrogens (tertiary/aromatic N) is 2. The molecule has 1 aromatic heterocycles. The van der Waals surface area contributed by atoms with Crippen molar-refractivity contribution in [2.75, 3.05) is 0 Å². The summed E-state index contributed by atoms with van der Waals surface area (Å²) in [5.74, 6) is 0.557. The van der Waals surface area contributed by atoms with Gasteiger partial charge >= 0.3 is 5.82 Å². The number of nitrogens with one attached hydrogen (secondary N) is 1. The van der Waals surface area contributed by atoms with Crippen LogP contribution in [0.4, 0.5) is 5.82 Å². The SMILES string of the molecule is Cc1nc(C)c([N+](=O)[O-])[nH]1.Cl. The highest BCUT2D eigenvalue weighted by atomic mass is 35.5. The lowest BCUT2D eigenvalue weighted by Gasteiger charge is -1.87. The maximum atomic E-state index is 10.2. The Morgan fingerprint density at radius 3 is 2.27 bits per heavy atom. The minimum atomic E-state index is -0.477. The van der Waals surface area contributed by atoms with Crippen molar-refractivity contribution >= 4 is 18.2 Å². The largest absolute Gasteiger partial charge is 0.358 e. The molecule has 62 valence electrons. The van der Waals surface area contributed by atoms with Gasteiger partial charge in [-0.25, -0.2) is 9.97 Å². The topological polar surface area (TPSA) is 71.8 Å². The van der Waals surface area contributed by atoms with Crippen molar-refractivity contribution in [3.05, 3.63) is 21.6 Å². The van der Waals surface area contributed by atoms with Gasteiger partial charge in [0.2, 0.25) is 0 Å². The van der Waals surface area contributed by atoms with E-state index in [9.17, 15) is 10.1 Å². The van der Waals surface area contributed by atoms with Gasteiger partial charge in [-0.15, -0.1) is 12.4 Å². The molecule has 0 spiro atoms. The minimum Gasteiger partial charge on any atom is -0.358 e. The van der Waals surface area contributed by atoms with Gasteiger partial charge in [-0.3, -0.25) is 0 Å². The van der Waals surface area contributed by atoms with Gasteiger partial charge in [0, 0.05) is 6.92 Å². The molecule has 0 atom stereocenters. The molecule has 11 heavy (non-hydrogen) atoms. The van der Waals surface area contributed by atoms with Crippen molar-refractivity contribution < 1.29 is 4.92 Å². The van der Waals surface area contributed by atoms with E-state index in [4.69, 9.17) is 0 Å². The first-order valence-electron chi connectivity index (χ1n) is 2.79. The Hall–Kier alpha value is -1.10. The maximum Gasteiger partial charge on any atom is 0.343 e. The second-order valence-corrected chi connectivity index (χ2v) is 2.01. The predicted octanol–water partition coefficient (Wildman–Crippen LogP) is 1.36. The van der Waals surface area contributed by atoms with Crippen molar-refractivity contribution in [3.8, 4) is 0 Å². The Balaban J connectivity index is 0.000001000. The van der Waals surface area contributed by atoms with Crippen LogP contribution in [0, 0.1) is 24.0 Å². The third kappa shape index (κ3) is 1.91. The Morgan fingerprint density at radius 1 is 1.55 bits per heavy atom. The highest BCUT2D eigenvalue weighted by Crippen LogP contribution is 2.11. The number of hydrogen-bond acceptors (Lipinski definition) is 3. The summed E-state index contributed by atoms with van der Waals surface area (Å²) in [5, 5.41) is 10.2. The first kappa shape index (κ1) is 9.90.